The second kappa shape index (κ2) is 3.73. The van der Waals surface area contributed by atoms with Gasteiger partial charge in [0.1, 0.15) is 6.54 Å². The lowest BCUT2D eigenvalue weighted by atomic mass is 10.1. The number of hydrogen-bond acceptors (Lipinski definition) is 2. The fourth-order valence-corrected chi connectivity index (χ4v) is 1.69. The van der Waals surface area contributed by atoms with Crippen molar-refractivity contribution >= 4 is 11.8 Å². The van der Waals surface area contributed by atoms with Crippen LogP contribution in [0.4, 0.5) is 0 Å². The quantitative estimate of drug-likeness (QED) is 0.757. The molecule has 4 nitrogen and oxygen atoms in total. The van der Waals surface area contributed by atoms with Crippen LogP contribution in [0.3, 0.4) is 0 Å². The van der Waals surface area contributed by atoms with Gasteiger partial charge in [0.15, 0.2) is 0 Å². The van der Waals surface area contributed by atoms with Crippen molar-refractivity contribution < 1.29 is 9.59 Å². The minimum Gasteiger partial charge on any atom is -0.358 e. The normalized spacial score (nSPS) is 13.9. The van der Waals surface area contributed by atoms with E-state index in [1.807, 2.05) is 18.2 Å². The van der Waals surface area contributed by atoms with Crippen molar-refractivity contribution in [1.29, 1.82) is 0 Å². The Morgan fingerprint density at radius 2 is 2.20 bits per heavy atom. The SMILES string of the molecule is CNC(=O)CN1Cc2ccccc2C1=O. The van der Waals surface area contributed by atoms with Crippen LogP contribution in [0, 0.1) is 0 Å². The van der Waals surface area contributed by atoms with Gasteiger partial charge in [0, 0.05) is 19.2 Å². The monoisotopic (exact) mass is 204 g/mol. The molecule has 0 radical (unpaired) electrons. The summed E-state index contributed by atoms with van der Waals surface area (Å²) >= 11 is 0. The molecule has 4 heteroatoms. The van der Waals surface area contributed by atoms with Crippen molar-refractivity contribution in [3.63, 3.8) is 0 Å². The summed E-state index contributed by atoms with van der Waals surface area (Å²) in [5.74, 6) is -0.203. The minimum absolute atomic E-state index is 0.0609. The predicted molar refractivity (Wildman–Crippen MR) is 55.2 cm³/mol. The number of amides is 2. The molecule has 2 rings (SSSR count). The van der Waals surface area contributed by atoms with Gasteiger partial charge in [0.05, 0.1) is 0 Å². The maximum Gasteiger partial charge on any atom is 0.254 e. The van der Waals surface area contributed by atoms with Gasteiger partial charge in [-0.25, -0.2) is 0 Å². The highest BCUT2D eigenvalue weighted by Crippen LogP contribution is 2.21. The van der Waals surface area contributed by atoms with Gasteiger partial charge in [0.2, 0.25) is 5.91 Å². The molecule has 15 heavy (non-hydrogen) atoms. The fourth-order valence-electron chi connectivity index (χ4n) is 1.69. The Hall–Kier alpha value is -1.84. The van der Waals surface area contributed by atoms with Crippen LogP contribution in [-0.2, 0) is 11.3 Å². The zero-order chi connectivity index (χ0) is 10.8. The number of nitrogens with one attached hydrogen (secondary N) is 1. The molecule has 0 fully saturated rings. The zero-order valence-electron chi connectivity index (χ0n) is 8.49. The molecule has 0 atom stereocenters. The van der Waals surface area contributed by atoms with E-state index in [2.05, 4.69) is 5.32 Å². The Balaban J connectivity index is 2.17. The first-order chi connectivity index (χ1) is 7.22. The summed E-state index contributed by atoms with van der Waals surface area (Å²) in [4.78, 5) is 24.5. The Kier molecular flexibility index (Phi) is 2.41. The predicted octanol–water partition coefficient (Wildman–Crippen LogP) is 0.388. The Labute approximate surface area is 87.9 Å². The van der Waals surface area contributed by atoms with E-state index in [4.69, 9.17) is 0 Å². The van der Waals surface area contributed by atoms with E-state index in [-0.39, 0.29) is 18.4 Å². The Morgan fingerprint density at radius 3 is 2.87 bits per heavy atom. The van der Waals surface area contributed by atoms with Gasteiger partial charge in [0.25, 0.3) is 5.91 Å². The lowest BCUT2D eigenvalue weighted by molar-refractivity contribution is -0.121. The lowest BCUT2D eigenvalue weighted by Crippen LogP contribution is -2.35. The molecular formula is C11H12N2O2. The molecule has 1 aliphatic rings. The molecule has 0 unspecified atom stereocenters. The van der Waals surface area contributed by atoms with Crippen LogP contribution >= 0.6 is 0 Å². The highest BCUT2D eigenvalue weighted by Gasteiger charge is 2.27. The smallest absolute Gasteiger partial charge is 0.254 e. The topological polar surface area (TPSA) is 49.4 Å². The summed E-state index contributed by atoms with van der Waals surface area (Å²) in [7, 11) is 1.57. The van der Waals surface area contributed by atoms with Crippen LogP contribution in [0.15, 0.2) is 24.3 Å². The molecule has 2 amide bonds. The highest BCUT2D eigenvalue weighted by atomic mass is 16.2. The number of carbonyl (C=O) groups is 2. The number of fused-ring (bicyclic) bond motifs is 1. The van der Waals surface area contributed by atoms with Crippen LogP contribution in [0.25, 0.3) is 0 Å². The van der Waals surface area contributed by atoms with Gasteiger partial charge in [-0.1, -0.05) is 18.2 Å². The summed E-state index contributed by atoms with van der Waals surface area (Å²) in [6, 6.07) is 7.44. The zero-order valence-corrected chi connectivity index (χ0v) is 8.49. The van der Waals surface area contributed by atoms with Crippen molar-refractivity contribution in [1.82, 2.24) is 10.2 Å². The van der Waals surface area contributed by atoms with E-state index in [1.165, 1.54) is 0 Å². The number of benzene rings is 1. The highest BCUT2D eigenvalue weighted by molar-refractivity contribution is 6.00. The van der Waals surface area contributed by atoms with Crippen LogP contribution in [0.2, 0.25) is 0 Å². The Morgan fingerprint density at radius 1 is 1.47 bits per heavy atom. The standard InChI is InChI=1S/C11H12N2O2/c1-12-10(14)7-13-6-8-4-2-3-5-9(8)11(13)15/h2-5H,6-7H2,1H3,(H,12,14). The summed E-state index contributed by atoms with van der Waals surface area (Å²) in [5.41, 5.74) is 1.70. The third kappa shape index (κ3) is 1.70. The van der Waals surface area contributed by atoms with E-state index in [1.54, 1.807) is 18.0 Å². The lowest BCUT2D eigenvalue weighted by Gasteiger charge is -2.13. The first kappa shape index (κ1) is 9.71. The van der Waals surface area contributed by atoms with Gasteiger partial charge in [-0.05, 0) is 11.6 Å². The summed E-state index contributed by atoms with van der Waals surface area (Å²) in [6.45, 7) is 0.659. The molecule has 1 aromatic rings. The molecule has 0 saturated carbocycles. The summed E-state index contributed by atoms with van der Waals surface area (Å²) < 4.78 is 0. The first-order valence-electron chi connectivity index (χ1n) is 4.80. The number of rotatable bonds is 2. The van der Waals surface area contributed by atoms with E-state index in [9.17, 15) is 9.59 Å². The van der Waals surface area contributed by atoms with Crippen molar-refractivity contribution in [2.75, 3.05) is 13.6 Å². The molecule has 0 spiro atoms. The van der Waals surface area contributed by atoms with Gasteiger partial charge in [-0.3, -0.25) is 9.59 Å². The van der Waals surface area contributed by atoms with Crippen molar-refractivity contribution in [2.45, 2.75) is 6.54 Å². The molecule has 1 aromatic carbocycles. The average molecular weight is 204 g/mol. The molecule has 1 heterocycles. The molecule has 0 aliphatic carbocycles. The second-order valence-electron chi connectivity index (χ2n) is 3.49. The third-order valence-electron chi connectivity index (χ3n) is 2.51. The van der Waals surface area contributed by atoms with Gasteiger partial charge < -0.3 is 10.2 Å². The maximum atomic E-state index is 11.8. The van der Waals surface area contributed by atoms with Crippen molar-refractivity contribution in [2.24, 2.45) is 0 Å². The number of nitrogens with zero attached hydrogens (tertiary/aromatic N) is 1. The van der Waals surface area contributed by atoms with Crippen molar-refractivity contribution in [3.05, 3.63) is 35.4 Å². The molecule has 0 saturated heterocycles. The molecule has 1 aliphatic heterocycles. The van der Waals surface area contributed by atoms with Crippen LogP contribution in [0.1, 0.15) is 15.9 Å². The van der Waals surface area contributed by atoms with E-state index in [0.717, 1.165) is 5.56 Å². The summed E-state index contributed by atoms with van der Waals surface area (Å²) in [6.07, 6.45) is 0. The third-order valence-corrected chi connectivity index (χ3v) is 2.51. The van der Waals surface area contributed by atoms with E-state index in [0.29, 0.717) is 12.1 Å². The van der Waals surface area contributed by atoms with Crippen LogP contribution in [-0.4, -0.2) is 30.3 Å². The first-order valence-corrected chi connectivity index (χ1v) is 4.80. The number of hydrogen-bond donors (Lipinski definition) is 1. The average Bonchev–Trinajstić information content (AvgIpc) is 2.57. The number of carbonyl (C=O) groups excluding carboxylic acids is 2. The maximum absolute atomic E-state index is 11.8. The number of likely N-dealkylation sites (N-methyl/N-ethyl adjacent to an activating group) is 1. The van der Waals surface area contributed by atoms with Gasteiger partial charge in [-0.2, -0.15) is 0 Å². The van der Waals surface area contributed by atoms with Crippen LogP contribution < -0.4 is 5.32 Å². The van der Waals surface area contributed by atoms with Gasteiger partial charge >= 0.3 is 0 Å². The molecule has 0 aromatic heterocycles. The van der Waals surface area contributed by atoms with E-state index >= 15 is 0 Å². The molecule has 0 bridgehead atoms. The molecule has 78 valence electrons. The fraction of sp³-hybridized carbons (Fsp3) is 0.273. The van der Waals surface area contributed by atoms with Crippen LogP contribution in [0.5, 0.6) is 0 Å². The largest absolute Gasteiger partial charge is 0.358 e. The Bertz CT molecular complexity index is 415. The molecule has 1 N–H and O–H groups in total. The van der Waals surface area contributed by atoms with Crippen molar-refractivity contribution in [3.8, 4) is 0 Å². The van der Waals surface area contributed by atoms with Gasteiger partial charge in [-0.15, -0.1) is 0 Å². The second-order valence-corrected chi connectivity index (χ2v) is 3.49. The minimum atomic E-state index is -0.142. The summed E-state index contributed by atoms with van der Waals surface area (Å²) in [5, 5.41) is 2.51. The molecular weight excluding hydrogens is 192 g/mol. The van der Waals surface area contributed by atoms with E-state index < -0.39 is 0 Å².